The van der Waals surface area contributed by atoms with Crippen LogP contribution in [0.25, 0.3) is 0 Å². The summed E-state index contributed by atoms with van der Waals surface area (Å²) in [5.74, 6) is 4.40. The van der Waals surface area contributed by atoms with Crippen molar-refractivity contribution in [2.75, 3.05) is 33.0 Å². The highest BCUT2D eigenvalue weighted by molar-refractivity contribution is 5.46. The molecule has 0 unspecified atom stereocenters. The molecule has 3 atom stereocenters. The first-order valence-corrected chi connectivity index (χ1v) is 9.74. The summed E-state index contributed by atoms with van der Waals surface area (Å²) in [6, 6.07) is 8.18. The van der Waals surface area contributed by atoms with Crippen molar-refractivity contribution >= 4 is 0 Å². The number of piperidine rings is 3. The van der Waals surface area contributed by atoms with E-state index in [0.29, 0.717) is 12.7 Å². The fourth-order valence-electron chi connectivity index (χ4n) is 5.82. The largest absolute Gasteiger partial charge is 0.454 e. The Kier molecular flexibility index (Phi) is 2.98. The van der Waals surface area contributed by atoms with Crippen LogP contribution in [0.3, 0.4) is 0 Å². The van der Waals surface area contributed by atoms with Crippen molar-refractivity contribution in [3.8, 4) is 11.5 Å². The Hall–Kier alpha value is -1.26. The number of hydrogen-bond acceptors (Lipinski definition) is 4. The zero-order chi connectivity index (χ0) is 15.7. The van der Waals surface area contributed by atoms with E-state index >= 15 is 0 Å². The third-order valence-electron chi connectivity index (χ3n) is 7.11. The minimum Gasteiger partial charge on any atom is -0.454 e. The molecule has 0 N–H and O–H groups in total. The Morgan fingerprint density at radius 2 is 1.79 bits per heavy atom. The highest BCUT2D eigenvalue weighted by Gasteiger charge is 2.53. The molecule has 1 aromatic carbocycles. The lowest BCUT2D eigenvalue weighted by molar-refractivity contribution is -0.00757. The molecule has 0 radical (unpaired) electrons. The van der Waals surface area contributed by atoms with E-state index in [4.69, 9.17) is 9.47 Å². The normalized spacial score (nSPS) is 40.1. The van der Waals surface area contributed by atoms with Crippen molar-refractivity contribution in [2.45, 2.75) is 43.7 Å². The first kappa shape index (κ1) is 14.0. The molecule has 1 aliphatic carbocycles. The second-order valence-corrected chi connectivity index (χ2v) is 8.47. The van der Waals surface area contributed by atoms with Crippen LogP contribution < -0.4 is 9.47 Å². The maximum Gasteiger partial charge on any atom is 0.231 e. The molecule has 4 saturated heterocycles. The summed E-state index contributed by atoms with van der Waals surface area (Å²) in [6.45, 7) is 5.57. The summed E-state index contributed by atoms with van der Waals surface area (Å²) < 4.78 is 11.2. The van der Waals surface area contributed by atoms with Crippen LogP contribution in [0, 0.1) is 11.8 Å². The summed E-state index contributed by atoms with van der Waals surface area (Å²) in [4.78, 5) is 5.67. The number of nitrogens with zero attached hydrogens (tertiary/aromatic N) is 2. The van der Waals surface area contributed by atoms with Crippen LogP contribution in [0.5, 0.6) is 11.5 Å². The molecule has 1 saturated carbocycles. The zero-order valence-corrected chi connectivity index (χ0v) is 14.2. The van der Waals surface area contributed by atoms with Gasteiger partial charge in [-0.05, 0) is 68.3 Å². The fraction of sp³-hybridized carbons (Fsp3) is 0.700. The summed E-state index contributed by atoms with van der Waals surface area (Å²) in [5, 5.41) is 0. The lowest BCUT2D eigenvalue weighted by atomic mass is 9.75. The van der Waals surface area contributed by atoms with Gasteiger partial charge >= 0.3 is 0 Å². The number of rotatable bonds is 3. The summed E-state index contributed by atoms with van der Waals surface area (Å²) in [7, 11) is 0. The van der Waals surface area contributed by atoms with Crippen LogP contribution in [-0.4, -0.2) is 54.9 Å². The molecule has 5 fully saturated rings. The molecule has 0 spiro atoms. The van der Waals surface area contributed by atoms with Crippen molar-refractivity contribution in [3.63, 3.8) is 0 Å². The molecule has 0 amide bonds. The van der Waals surface area contributed by atoms with Gasteiger partial charge in [-0.25, -0.2) is 0 Å². The zero-order valence-electron chi connectivity index (χ0n) is 14.2. The van der Waals surface area contributed by atoms with Crippen molar-refractivity contribution in [3.05, 3.63) is 23.8 Å². The molecule has 1 aromatic rings. The predicted molar refractivity (Wildman–Crippen MR) is 91.5 cm³/mol. The van der Waals surface area contributed by atoms with Gasteiger partial charge in [0.15, 0.2) is 11.5 Å². The summed E-state index contributed by atoms with van der Waals surface area (Å²) >= 11 is 0. The van der Waals surface area contributed by atoms with Gasteiger partial charge in [0.2, 0.25) is 6.79 Å². The number of fused-ring (bicyclic) bond motifs is 3. The van der Waals surface area contributed by atoms with Crippen LogP contribution in [0.4, 0.5) is 0 Å². The van der Waals surface area contributed by atoms with Gasteiger partial charge in [-0.2, -0.15) is 0 Å². The second-order valence-electron chi connectivity index (χ2n) is 8.47. The smallest absolute Gasteiger partial charge is 0.231 e. The van der Waals surface area contributed by atoms with E-state index in [1.54, 1.807) is 0 Å². The molecule has 4 nitrogen and oxygen atoms in total. The Balaban J connectivity index is 1.35. The second kappa shape index (κ2) is 5.12. The Labute approximate surface area is 143 Å². The number of likely N-dealkylation sites (tertiary alicyclic amines) is 1. The minimum absolute atomic E-state index is 0.373. The Morgan fingerprint density at radius 3 is 2.62 bits per heavy atom. The van der Waals surface area contributed by atoms with Gasteiger partial charge in [-0.3, -0.25) is 9.80 Å². The third kappa shape index (κ3) is 2.05. The van der Waals surface area contributed by atoms with Gasteiger partial charge in [0, 0.05) is 31.1 Å². The quantitative estimate of drug-likeness (QED) is 0.853. The van der Waals surface area contributed by atoms with Gasteiger partial charge in [-0.1, -0.05) is 6.07 Å². The molecule has 2 bridgehead atoms. The maximum atomic E-state index is 5.65. The van der Waals surface area contributed by atoms with Gasteiger partial charge in [0.25, 0.3) is 0 Å². The highest BCUT2D eigenvalue weighted by Crippen LogP contribution is 2.48. The van der Waals surface area contributed by atoms with Crippen LogP contribution >= 0.6 is 0 Å². The molecule has 24 heavy (non-hydrogen) atoms. The molecule has 5 heterocycles. The topological polar surface area (TPSA) is 24.9 Å². The van der Waals surface area contributed by atoms with E-state index in [-0.39, 0.29) is 0 Å². The molecule has 7 rings (SSSR count). The standard InChI is InChI=1S/C20H26N2O2/c1-2-13(1)10-22-11-16(15-3-4-17-18(9-15)24-12-23-17)20-19(22)14-5-7-21(20)8-6-14/h3-4,9,13-14,16,19-20H,1-2,5-8,10-12H2/t16-,19-,20-/m1/s1. The first-order valence-electron chi connectivity index (χ1n) is 9.74. The average Bonchev–Trinajstić information content (AvgIpc) is 3.17. The van der Waals surface area contributed by atoms with Gasteiger partial charge in [-0.15, -0.1) is 0 Å². The van der Waals surface area contributed by atoms with E-state index in [9.17, 15) is 0 Å². The van der Waals surface area contributed by atoms with Gasteiger partial charge in [0.1, 0.15) is 0 Å². The highest BCUT2D eigenvalue weighted by atomic mass is 16.7. The monoisotopic (exact) mass is 326 g/mol. The lowest BCUT2D eigenvalue weighted by Crippen LogP contribution is -2.60. The average molecular weight is 326 g/mol. The van der Waals surface area contributed by atoms with E-state index in [0.717, 1.165) is 35.4 Å². The minimum atomic E-state index is 0.373. The molecule has 6 aliphatic rings. The Bertz CT molecular complexity index is 651. The number of ether oxygens (including phenoxy) is 2. The van der Waals surface area contributed by atoms with E-state index in [1.165, 1.54) is 57.4 Å². The summed E-state index contributed by atoms with van der Waals surface area (Å²) in [6.07, 6.45) is 5.74. The van der Waals surface area contributed by atoms with Crippen molar-refractivity contribution in [2.24, 2.45) is 11.8 Å². The lowest BCUT2D eigenvalue weighted by Gasteiger charge is -2.51. The molecular formula is C20H26N2O2. The molecule has 128 valence electrons. The van der Waals surface area contributed by atoms with E-state index in [2.05, 4.69) is 28.0 Å². The maximum absolute atomic E-state index is 5.65. The van der Waals surface area contributed by atoms with E-state index < -0.39 is 0 Å². The van der Waals surface area contributed by atoms with Crippen LogP contribution in [0.1, 0.15) is 37.2 Å². The Morgan fingerprint density at radius 1 is 0.958 bits per heavy atom. The summed E-state index contributed by atoms with van der Waals surface area (Å²) in [5.41, 5.74) is 1.46. The molecule has 0 aromatic heterocycles. The number of hydrogen-bond donors (Lipinski definition) is 0. The fourth-order valence-corrected chi connectivity index (χ4v) is 5.82. The molecular weight excluding hydrogens is 300 g/mol. The third-order valence-corrected chi connectivity index (χ3v) is 7.11. The van der Waals surface area contributed by atoms with Crippen LogP contribution in [-0.2, 0) is 0 Å². The SMILES string of the molecule is c1cc2c(cc1[C@H]1CN(CC3CC3)[C@@H]3C4CCN(CC4)[C@H]13)OCO2. The van der Waals surface area contributed by atoms with E-state index in [1.807, 2.05) is 0 Å². The first-order chi connectivity index (χ1) is 11.9. The van der Waals surface area contributed by atoms with Gasteiger partial charge in [0.05, 0.1) is 0 Å². The van der Waals surface area contributed by atoms with Crippen LogP contribution in [0.2, 0.25) is 0 Å². The predicted octanol–water partition coefficient (Wildman–Crippen LogP) is 2.69. The molecule has 4 heteroatoms. The van der Waals surface area contributed by atoms with Crippen molar-refractivity contribution < 1.29 is 9.47 Å². The number of benzene rings is 1. The van der Waals surface area contributed by atoms with Crippen molar-refractivity contribution in [1.82, 2.24) is 9.80 Å². The van der Waals surface area contributed by atoms with Gasteiger partial charge < -0.3 is 9.47 Å². The van der Waals surface area contributed by atoms with Crippen LogP contribution in [0.15, 0.2) is 18.2 Å². The molecule has 5 aliphatic heterocycles. The van der Waals surface area contributed by atoms with Crippen molar-refractivity contribution in [1.29, 1.82) is 0 Å².